The predicted octanol–water partition coefficient (Wildman–Crippen LogP) is 5.54. The maximum absolute atomic E-state index is 5.86. The van der Waals surface area contributed by atoms with Gasteiger partial charge in [-0.3, -0.25) is 0 Å². The van der Waals surface area contributed by atoms with Crippen LogP contribution >= 0.6 is 11.8 Å². The minimum atomic E-state index is 0.454. The van der Waals surface area contributed by atoms with E-state index in [0.29, 0.717) is 28.6 Å². The van der Waals surface area contributed by atoms with Gasteiger partial charge in [-0.2, -0.15) is 4.98 Å². The molecule has 0 aliphatic carbocycles. The van der Waals surface area contributed by atoms with E-state index >= 15 is 0 Å². The van der Waals surface area contributed by atoms with Crippen LogP contribution in [0.2, 0.25) is 0 Å². The zero-order chi connectivity index (χ0) is 19.6. The van der Waals surface area contributed by atoms with Gasteiger partial charge in [0.05, 0.1) is 5.75 Å². The summed E-state index contributed by atoms with van der Waals surface area (Å²) in [5.74, 6) is 2.03. The van der Waals surface area contributed by atoms with Gasteiger partial charge in [0.1, 0.15) is 0 Å². The Labute approximate surface area is 171 Å². The van der Waals surface area contributed by atoms with Gasteiger partial charge in [0.25, 0.3) is 5.22 Å². The van der Waals surface area contributed by atoms with Crippen LogP contribution in [0.15, 0.2) is 80.9 Å². The molecular weight excluding hydrogens is 384 g/mol. The molecule has 2 aromatic heterocycles. The van der Waals surface area contributed by atoms with E-state index in [0.717, 1.165) is 21.9 Å². The molecule has 142 valence electrons. The highest BCUT2D eigenvalue weighted by molar-refractivity contribution is 7.98. The number of rotatable bonds is 5. The van der Waals surface area contributed by atoms with E-state index in [1.807, 2.05) is 61.5 Å². The molecule has 7 heteroatoms. The smallest absolute Gasteiger partial charge is 0.277 e. The number of aromatic nitrogens is 4. The van der Waals surface area contributed by atoms with Crippen LogP contribution in [0.4, 0.5) is 0 Å². The molecule has 29 heavy (non-hydrogen) atoms. The van der Waals surface area contributed by atoms with E-state index in [2.05, 4.69) is 32.5 Å². The maximum Gasteiger partial charge on any atom is 0.277 e. The fourth-order valence-electron chi connectivity index (χ4n) is 3.05. The summed E-state index contributed by atoms with van der Waals surface area (Å²) in [6, 6.07) is 22.1. The second-order valence-electron chi connectivity index (χ2n) is 6.57. The zero-order valence-corrected chi connectivity index (χ0v) is 16.4. The Bertz CT molecular complexity index is 1270. The second kappa shape index (κ2) is 7.52. The molecule has 0 spiro atoms. The summed E-state index contributed by atoms with van der Waals surface area (Å²) in [6.45, 7) is 2.04. The van der Waals surface area contributed by atoms with Gasteiger partial charge in [0, 0.05) is 11.1 Å². The van der Waals surface area contributed by atoms with Crippen LogP contribution in [-0.2, 0) is 5.75 Å². The first-order valence-electron chi connectivity index (χ1n) is 9.10. The number of fused-ring (bicyclic) bond motifs is 1. The number of aryl methyl sites for hydroxylation is 1. The number of thioether (sulfide) groups is 1. The first-order valence-corrected chi connectivity index (χ1v) is 10.1. The van der Waals surface area contributed by atoms with Crippen molar-refractivity contribution in [2.24, 2.45) is 0 Å². The molecule has 0 amide bonds. The maximum atomic E-state index is 5.86. The third-order valence-electron chi connectivity index (χ3n) is 4.52. The van der Waals surface area contributed by atoms with Crippen LogP contribution in [-0.4, -0.2) is 20.3 Å². The highest BCUT2D eigenvalue weighted by atomic mass is 32.2. The quantitative estimate of drug-likeness (QED) is 0.358. The van der Waals surface area contributed by atoms with E-state index in [9.17, 15) is 0 Å². The average Bonchev–Trinajstić information content (AvgIpc) is 3.42. The Morgan fingerprint density at radius 1 is 0.897 bits per heavy atom. The van der Waals surface area contributed by atoms with Crippen LogP contribution in [0, 0.1) is 6.92 Å². The minimum absolute atomic E-state index is 0.454. The highest BCUT2D eigenvalue weighted by Gasteiger charge is 2.14. The van der Waals surface area contributed by atoms with Crippen molar-refractivity contribution in [3.05, 3.63) is 78.2 Å². The summed E-state index contributed by atoms with van der Waals surface area (Å²) in [5, 5.41) is 15.1. The first kappa shape index (κ1) is 17.6. The van der Waals surface area contributed by atoms with Crippen LogP contribution in [0.25, 0.3) is 33.6 Å². The summed E-state index contributed by atoms with van der Waals surface area (Å²) in [6.07, 6.45) is 0. The largest absolute Gasteiger partial charge is 0.411 e. The highest BCUT2D eigenvalue weighted by Crippen LogP contribution is 2.30. The topological polar surface area (TPSA) is 77.8 Å². The van der Waals surface area contributed by atoms with Gasteiger partial charge in [-0.25, -0.2) is 0 Å². The lowest BCUT2D eigenvalue weighted by Crippen LogP contribution is -1.83. The van der Waals surface area contributed by atoms with Crippen LogP contribution < -0.4 is 0 Å². The molecule has 0 N–H and O–H groups in total. The lowest BCUT2D eigenvalue weighted by molar-refractivity contribution is 0.391. The number of benzene rings is 3. The molecule has 0 aliphatic heterocycles. The third kappa shape index (κ3) is 3.64. The van der Waals surface area contributed by atoms with E-state index in [4.69, 9.17) is 8.94 Å². The van der Waals surface area contributed by atoms with E-state index in [1.54, 1.807) is 0 Å². The van der Waals surface area contributed by atoms with E-state index < -0.39 is 0 Å². The number of hydrogen-bond acceptors (Lipinski definition) is 7. The van der Waals surface area contributed by atoms with Crippen molar-refractivity contribution >= 4 is 22.5 Å². The monoisotopic (exact) mass is 400 g/mol. The molecule has 0 unspecified atom stereocenters. The van der Waals surface area contributed by atoms with Gasteiger partial charge in [-0.05, 0) is 23.8 Å². The van der Waals surface area contributed by atoms with Crippen molar-refractivity contribution in [3.63, 3.8) is 0 Å². The van der Waals surface area contributed by atoms with Crippen molar-refractivity contribution in [2.45, 2.75) is 17.9 Å². The number of hydrogen-bond donors (Lipinski definition) is 0. The molecule has 0 aliphatic rings. The Balaban J connectivity index is 1.32. The van der Waals surface area contributed by atoms with Crippen LogP contribution in [0.1, 0.15) is 11.5 Å². The molecule has 0 fully saturated rings. The summed E-state index contributed by atoms with van der Waals surface area (Å²) < 4.78 is 11.2. The zero-order valence-electron chi connectivity index (χ0n) is 15.6. The summed E-state index contributed by atoms with van der Waals surface area (Å²) in [4.78, 5) is 4.44. The minimum Gasteiger partial charge on any atom is -0.411 e. The van der Waals surface area contributed by atoms with Crippen molar-refractivity contribution in [1.29, 1.82) is 0 Å². The third-order valence-corrected chi connectivity index (χ3v) is 5.33. The molecular formula is C22H16N4O2S. The summed E-state index contributed by atoms with van der Waals surface area (Å²) >= 11 is 1.37. The Morgan fingerprint density at radius 2 is 1.72 bits per heavy atom. The van der Waals surface area contributed by atoms with Crippen LogP contribution in [0.3, 0.4) is 0 Å². The van der Waals surface area contributed by atoms with Crippen molar-refractivity contribution < 1.29 is 8.94 Å². The average molecular weight is 400 g/mol. The van der Waals surface area contributed by atoms with Gasteiger partial charge in [0.15, 0.2) is 0 Å². The fraction of sp³-hybridized carbons (Fsp3) is 0.0909. The van der Waals surface area contributed by atoms with Gasteiger partial charge < -0.3 is 8.94 Å². The standard InChI is InChI=1S/C22H16N4O2S/c1-14-9-11-16(12-10-14)20-23-19(28-26-20)13-29-22-25-24-21(27-22)18-8-4-6-15-5-2-3-7-17(15)18/h2-12H,13H2,1H3. The first-order chi connectivity index (χ1) is 14.3. The number of nitrogens with zero attached hydrogens (tertiary/aromatic N) is 4. The molecule has 0 saturated heterocycles. The van der Waals surface area contributed by atoms with Crippen molar-refractivity contribution in [1.82, 2.24) is 20.3 Å². The van der Waals surface area contributed by atoms with Crippen LogP contribution in [0.5, 0.6) is 0 Å². The Morgan fingerprint density at radius 3 is 2.62 bits per heavy atom. The molecule has 0 saturated carbocycles. The molecule has 2 heterocycles. The lowest BCUT2D eigenvalue weighted by Gasteiger charge is -2.01. The molecule has 6 nitrogen and oxygen atoms in total. The molecule has 3 aromatic carbocycles. The van der Waals surface area contributed by atoms with Gasteiger partial charge in [0.2, 0.25) is 17.6 Å². The van der Waals surface area contributed by atoms with Crippen molar-refractivity contribution in [3.8, 4) is 22.8 Å². The molecule has 0 radical (unpaired) electrons. The summed E-state index contributed by atoms with van der Waals surface area (Å²) in [7, 11) is 0. The predicted molar refractivity (Wildman–Crippen MR) is 111 cm³/mol. The van der Waals surface area contributed by atoms with Gasteiger partial charge >= 0.3 is 0 Å². The molecule has 5 aromatic rings. The molecule has 0 atom stereocenters. The van der Waals surface area contributed by atoms with Gasteiger partial charge in [-0.15, -0.1) is 10.2 Å². The molecule has 0 bridgehead atoms. The second-order valence-corrected chi connectivity index (χ2v) is 7.49. The Kier molecular flexibility index (Phi) is 4.57. The lowest BCUT2D eigenvalue weighted by atomic mass is 10.0. The van der Waals surface area contributed by atoms with E-state index in [1.165, 1.54) is 17.3 Å². The van der Waals surface area contributed by atoms with E-state index in [-0.39, 0.29) is 0 Å². The fourth-order valence-corrected chi connectivity index (χ4v) is 3.65. The van der Waals surface area contributed by atoms with Gasteiger partial charge in [-0.1, -0.05) is 83.1 Å². The normalized spacial score (nSPS) is 11.2. The summed E-state index contributed by atoms with van der Waals surface area (Å²) in [5.41, 5.74) is 3.03. The van der Waals surface area contributed by atoms with Crippen molar-refractivity contribution in [2.75, 3.05) is 0 Å². The SMILES string of the molecule is Cc1ccc(-c2noc(CSc3nnc(-c4cccc5ccccc45)o3)n2)cc1. The Hall–Kier alpha value is -3.45. The molecule has 5 rings (SSSR count).